The van der Waals surface area contributed by atoms with Gasteiger partial charge in [0.1, 0.15) is 0 Å². The Hall–Kier alpha value is -0.580. The van der Waals surface area contributed by atoms with E-state index in [0.717, 1.165) is 25.5 Å². The van der Waals surface area contributed by atoms with E-state index in [4.69, 9.17) is 0 Å². The molecule has 1 N–H and O–H groups in total. The Kier molecular flexibility index (Phi) is 8.24. The highest BCUT2D eigenvalue weighted by Crippen LogP contribution is 2.19. The van der Waals surface area contributed by atoms with Gasteiger partial charge in [-0.2, -0.15) is 5.10 Å². The van der Waals surface area contributed by atoms with Crippen LogP contribution in [0.3, 0.4) is 0 Å². The number of halogens is 2. The summed E-state index contributed by atoms with van der Waals surface area (Å²) >= 11 is 0. The highest BCUT2D eigenvalue weighted by atomic mass is 35.5. The Morgan fingerprint density at radius 3 is 2.56 bits per heavy atom. The number of nitrogens with zero attached hydrogens (tertiary/aromatic N) is 3. The lowest BCUT2D eigenvalue weighted by Gasteiger charge is -2.34. The second-order valence-corrected chi connectivity index (χ2v) is 4.36. The summed E-state index contributed by atoms with van der Waals surface area (Å²) < 4.78 is 0. The molecule has 0 atom stereocenters. The Morgan fingerprint density at radius 1 is 1.33 bits per heavy atom. The van der Waals surface area contributed by atoms with Gasteiger partial charge in [0.2, 0.25) is 0 Å². The van der Waals surface area contributed by atoms with Crippen LogP contribution in [0, 0.1) is 6.92 Å². The molecule has 18 heavy (non-hydrogen) atoms. The minimum absolute atomic E-state index is 0. The van der Waals surface area contributed by atoms with Crippen LogP contribution in [0.25, 0.3) is 0 Å². The molecule has 4 nitrogen and oxygen atoms in total. The first-order chi connectivity index (χ1) is 7.81. The van der Waals surface area contributed by atoms with E-state index < -0.39 is 0 Å². The van der Waals surface area contributed by atoms with Crippen molar-refractivity contribution in [3.8, 4) is 0 Å². The Morgan fingerprint density at radius 2 is 2.00 bits per heavy atom. The standard InChI is InChI=1S/C12H20N4.2ClH/c1-3-16(11-4-6-13-7-5-11)12-8-10(2)9-14-15-12;;/h8-9,11,13H,3-7H2,1-2H3;2*1H. The van der Waals surface area contributed by atoms with Crippen LogP contribution >= 0.6 is 24.8 Å². The van der Waals surface area contributed by atoms with E-state index in [1.165, 1.54) is 18.4 Å². The van der Waals surface area contributed by atoms with Gasteiger partial charge in [0.15, 0.2) is 5.82 Å². The molecule has 1 aromatic heterocycles. The van der Waals surface area contributed by atoms with Crippen molar-refractivity contribution in [2.45, 2.75) is 32.7 Å². The van der Waals surface area contributed by atoms with Gasteiger partial charge in [-0.1, -0.05) is 0 Å². The van der Waals surface area contributed by atoms with Crippen molar-refractivity contribution in [2.24, 2.45) is 0 Å². The highest BCUT2D eigenvalue weighted by molar-refractivity contribution is 5.85. The molecule has 1 aliphatic rings. The van der Waals surface area contributed by atoms with Gasteiger partial charge in [-0.3, -0.25) is 0 Å². The Balaban J connectivity index is 0.00000144. The zero-order chi connectivity index (χ0) is 11.4. The largest absolute Gasteiger partial charge is 0.352 e. The van der Waals surface area contributed by atoms with Crippen LogP contribution < -0.4 is 10.2 Å². The molecule has 6 heteroatoms. The van der Waals surface area contributed by atoms with E-state index >= 15 is 0 Å². The molecule has 0 unspecified atom stereocenters. The molecular formula is C12H22Cl2N4. The van der Waals surface area contributed by atoms with Crippen LogP contribution in [-0.2, 0) is 0 Å². The molecule has 0 aliphatic carbocycles. The monoisotopic (exact) mass is 292 g/mol. The minimum atomic E-state index is 0. The predicted octanol–water partition coefficient (Wildman–Crippen LogP) is 2.21. The first-order valence-corrected chi connectivity index (χ1v) is 6.08. The van der Waals surface area contributed by atoms with Gasteiger partial charge < -0.3 is 10.2 Å². The van der Waals surface area contributed by atoms with Crippen LogP contribution in [0.4, 0.5) is 5.82 Å². The smallest absolute Gasteiger partial charge is 0.151 e. The summed E-state index contributed by atoms with van der Waals surface area (Å²) in [4.78, 5) is 2.38. The minimum Gasteiger partial charge on any atom is -0.352 e. The maximum atomic E-state index is 4.24. The number of aromatic nitrogens is 2. The second kappa shape index (κ2) is 8.51. The molecule has 0 spiro atoms. The SMILES string of the molecule is CCN(c1cc(C)cnn1)C1CCNCC1.Cl.Cl. The van der Waals surface area contributed by atoms with Crippen LogP contribution in [0.5, 0.6) is 0 Å². The molecule has 0 amide bonds. The van der Waals surface area contributed by atoms with Gasteiger partial charge in [0.05, 0.1) is 6.20 Å². The molecule has 2 heterocycles. The summed E-state index contributed by atoms with van der Waals surface area (Å²) in [6.07, 6.45) is 4.20. The topological polar surface area (TPSA) is 41.1 Å². The quantitative estimate of drug-likeness (QED) is 0.927. The van der Waals surface area contributed by atoms with Crippen LogP contribution in [0.15, 0.2) is 12.3 Å². The fraction of sp³-hybridized carbons (Fsp3) is 0.667. The first kappa shape index (κ1) is 17.4. The lowest BCUT2D eigenvalue weighted by molar-refractivity contribution is 0.431. The normalized spacial score (nSPS) is 15.4. The summed E-state index contributed by atoms with van der Waals surface area (Å²) in [6, 6.07) is 2.74. The number of rotatable bonds is 3. The Labute approximate surface area is 121 Å². The van der Waals surface area contributed by atoms with E-state index in [0.29, 0.717) is 6.04 Å². The van der Waals surface area contributed by atoms with Gasteiger partial charge in [0.25, 0.3) is 0 Å². The maximum absolute atomic E-state index is 4.24. The molecular weight excluding hydrogens is 271 g/mol. The van der Waals surface area contributed by atoms with Crippen molar-refractivity contribution in [3.63, 3.8) is 0 Å². The zero-order valence-electron chi connectivity index (χ0n) is 10.9. The van der Waals surface area contributed by atoms with Gasteiger partial charge in [-0.05, 0) is 51.4 Å². The average Bonchev–Trinajstić information content (AvgIpc) is 2.31. The lowest BCUT2D eigenvalue weighted by Crippen LogP contribution is -2.43. The van der Waals surface area contributed by atoms with Crippen molar-refractivity contribution in [1.29, 1.82) is 0 Å². The van der Waals surface area contributed by atoms with E-state index in [-0.39, 0.29) is 24.8 Å². The number of nitrogens with one attached hydrogen (secondary N) is 1. The van der Waals surface area contributed by atoms with Crippen molar-refractivity contribution < 1.29 is 0 Å². The zero-order valence-corrected chi connectivity index (χ0v) is 12.6. The third-order valence-corrected chi connectivity index (χ3v) is 3.16. The molecule has 1 fully saturated rings. The van der Waals surface area contributed by atoms with Crippen molar-refractivity contribution in [1.82, 2.24) is 15.5 Å². The molecule has 1 aromatic rings. The summed E-state index contributed by atoms with van der Waals surface area (Å²) in [5.74, 6) is 1.02. The van der Waals surface area contributed by atoms with Gasteiger partial charge >= 0.3 is 0 Å². The van der Waals surface area contributed by atoms with Crippen molar-refractivity contribution in [2.75, 3.05) is 24.5 Å². The summed E-state index contributed by atoms with van der Waals surface area (Å²) in [7, 11) is 0. The number of hydrogen-bond acceptors (Lipinski definition) is 4. The molecule has 0 bridgehead atoms. The summed E-state index contributed by atoms with van der Waals surface area (Å²) in [5.41, 5.74) is 1.18. The lowest BCUT2D eigenvalue weighted by atomic mass is 10.0. The molecule has 1 aliphatic heterocycles. The number of aryl methyl sites for hydroxylation is 1. The van der Waals surface area contributed by atoms with Crippen molar-refractivity contribution in [3.05, 3.63) is 17.8 Å². The number of hydrogen-bond donors (Lipinski definition) is 1. The molecule has 0 saturated carbocycles. The van der Waals surface area contributed by atoms with E-state index in [9.17, 15) is 0 Å². The van der Waals surface area contributed by atoms with E-state index in [1.807, 2.05) is 0 Å². The van der Waals surface area contributed by atoms with Crippen molar-refractivity contribution >= 4 is 30.6 Å². The fourth-order valence-electron chi connectivity index (χ4n) is 2.31. The van der Waals surface area contributed by atoms with Crippen LogP contribution in [0.2, 0.25) is 0 Å². The molecule has 0 aromatic carbocycles. The fourth-order valence-corrected chi connectivity index (χ4v) is 2.31. The summed E-state index contributed by atoms with van der Waals surface area (Å²) in [6.45, 7) is 7.48. The van der Waals surface area contributed by atoms with Gasteiger partial charge in [-0.25, -0.2) is 0 Å². The number of piperidine rings is 1. The average molecular weight is 293 g/mol. The third-order valence-electron chi connectivity index (χ3n) is 3.16. The molecule has 0 radical (unpaired) electrons. The summed E-state index contributed by atoms with van der Waals surface area (Å²) in [5, 5.41) is 11.7. The van der Waals surface area contributed by atoms with Gasteiger partial charge in [-0.15, -0.1) is 29.9 Å². The highest BCUT2D eigenvalue weighted by Gasteiger charge is 2.20. The molecule has 104 valence electrons. The van der Waals surface area contributed by atoms with Crippen LogP contribution in [0.1, 0.15) is 25.3 Å². The predicted molar refractivity (Wildman–Crippen MR) is 80.2 cm³/mol. The number of anilines is 1. The van der Waals surface area contributed by atoms with Gasteiger partial charge in [0, 0.05) is 12.6 Å². The third kappa shape index (κ3) is 4.26. The van der Waals surface area contributed by atoms with E-state index in [2.05, 4.69) is 40.3 Å². The van der Waals surface area contributed by atoms with Crippen LogP contribution in [-0.4, -0.2) is 35.9 Å². The maximum Gasteiger partial charge on any atom is 0.151 e. The van der Waals surface area contributed by atoms with E-state index in [1.54, 1.807) is 6.20 Å². The second-order valence-electron chi connectivity index (χ2n) is 4.36. The molecule has 2 rings (SSSR count). The Bertz CT molecular complexity index is 343. The first-order valence-electron chi connectivity index (χ1n) is 6.08. The molecule has 1 saturated heterocycles.